The van der Waals surface area contributed by atoms with Gasteiger partial charge >= 0.3 is 0 Å². The van der Waals surface area contributed by atoms with Gasteiger partial charge in [-0.05, 0) is 25.1 Å². The average Bonchev–Trinajstić information content (AvgIpc) is 1.27. The lowest BCUT2D eigenvalue weighted by molar-refractivity contribution is 0.341. The normalized spacial score (nSPS) is 7.71. The summed E-state index contributed by atoms with van der Waals surface area (Å²) in [5.41, 5.74) is 0. The second-order valence-electron chi connectivity index (χ2n) is 1.16. The van der Waals surface area contributed by atoms with Crippen molar-refractivity contribution in [1.29, 1.82) is 0 Å². The number of halogens is 1. The van der Waals surface area contributed by atoms with Crippen molar-refractivity contribution in [3.05, 3.63) is 24.1 Å². The topological polar surface area (TPSA) is 9.23 Å². The van der Waals surface area contributed by atoms with E-state index in [1.165, 1.54) is 0 Å². The molecule has 0 aliphatic rings. The maximum atomic E-state index is 5.20. The maximum absolute atomic E-state index is 5.20. The van der Waals surface area contributed by atoms with Gasteiger partial charge in [0.15, 0.2) is 5.22 Å². The zero-order valence-corrected chi connectivity index (χ0v) is 4.96. The van der Waals surface area contributed by atoms with Gasteiger partial charge in [-0.15, -0.1) is 0 Å². The summed E-state index contributed by atoms with van der Waals surface area (Å²) in [6.07, 6.45) is 0. The molecule has 0 rings (SSSR count). The molecule has 0 aromatic heterocycles. The molecule has 0 aromatic rings. The Kier molecular flexibility index (Phi) is 2.53. The molecule has 0 heterocycles. The summed E-state index contributed by atoms with van der Waals surface area (Å²) in [4.78, 5) is 0. The first-order valence-corrected chi connectivity index (χ1v) is 2.18. The van der Waals surface area contributed by atoms with Crippen LogP contribution in [-0.2, 0) is 4.74 Å². The molecule has 0 aromatic carbocycles. The minimum Gasteiger partial charge on any atom is -0.451 e. The summed E-state index contributed by atoms with van der Waals surface area (Å²) >= 11 is 5.20. The Morgan fingerprint density at radius 2 is 2.00 bits per heavy atom. The van der Waals surface area contributed by atoms with E-state index in [-0.39, 0.29) is 5.22 Å². The van der Waals surface area contributed by atoms with Crippen molar-refractivity contribution in [3.63, 3.8) is 0 Å². The highest BCUT2D eigenvalue weighted by atomic mass is 35.5. The van der Waals surface area contributed by atoms with E-state index in [1.54, 1.807) is 6.92 Å². The maximum Gasteiger partial charge on any atom is 0.186 e. The summed E-state index contributed by atoms with van der Waals surface area (Å²) in [5.74, 6) is 0.556. The molecular weight excluding hydrogens is 112 g/mol. The van der Waals surface area contributed by atoms with Gasteiger partial charge in [0.25, 0.3) is 0 Å². The molecule has 0 fully saturated rings. The Bertz CT molecular complexity index is 84.3. The van der Waals surface area contributed by atoms with Crippen molar-refractivity contribution in [1.82, 2.24) is 0 Å². The molecule has 2 heteroatoms. The standard InChI is InChI=1S/C5H7ClO/c1-4(2)7-5(3)6/h1,3H2,2H3. The van der Waals surface area contributed by atoms with Crippen LogP contribution in [0.4, 0.5) is 0 Å². The van der Waals surface area contributed by atoms with Crippen molar-refractivity contribution in [2.75, 3.05) is 0 Å². The highest BCUT2D eigenvalue weighted by Crippen LogP contribution is 2.03. The molecular formula is C5H7ClO. The summed E-state index contributed by atoms with van der Waals surface area (Å²) in [5, 5.41) is 0.160. The molecule has 0 saturated carbocycles. The van der Waals surface area contributed by atoms with E-state index in [1.807, 2.05) is 0 Å². The van der Waals surface area contributed by atoms with Crippen molar-refractivity contribution < 1.29 is 4.74 Å². The van der Waals surface area contributed by atoms with Crippen LogP contribution in [-0.4, -0.2) is 0 Å². The molecule has 0 bridgehead atoms. The third-order valence-electron chi connectivity index (χ3n) is 0.285. The largest absolute Gasteiger partial charge is 0.451 e. The van der Waals surface area contributed by atoms with Gasteiger partial charge in [0, 0.05) is 0 Å². The lowest BCUT2D eigenvalue weighted by Crippen LogP contribution is -1.76. The second-order valence-corrected chi connectivity index (χ2v) is 1.58. The minimum atomic E-state index is 0.160. The molecule has 0 radical (unpaired) electrons. The molecule has 0 unspecified atom stereocenters. The first kappa shape index (κ1) is 6.57. The quantitative estimate of drug-likeness (QED) is 0.506. The Labute approximate surface area is 48.2 Å². The van der Waals surface area contributed by atoms with Crippen molar-refractivity contribution in [2.24, 2.45) is 0 Å². The van der Waals surface area contributed by atoms with Crippen molar-refractivity contribution in [3.8, 4) is 0 Å². The number of rotatable bonds is 2. The van der Waals surface area contributed by atoms with E-state index >= 15 is 0 Å². The number of hydrogen-bond acceptors (Lipinski definition) is 1. The summed E-state index contributed by atoms with van der Waals surface area (Å²) < 4.78 is 4.63. The Hall–Kier alpha value is -0.430. The summed E-state index contributed by atoms with van der Waals surface area (Å²) in [6, 6.07) is 0. The van der Waals surface area contributed by atoms with Crippen LogP contribution in [0, 0.1) is 0 Å². The van der Waals surface area contributed by atoms with Gasteiger partial charge in [0.05, 0.1) is 5.76 Å². The lowest BCUT2D eigenvalue weighted by atomic mass is 10.7. The number of allylic oxidation sites excluding steroid dienone is 1. The molecule has 0 aliphatic carbocycles. The molecule has 40 valence electrons. The molecule has 0 spiro atoms. The van der Waals surface area contributed by atoms with E-state index in [0.717, 1.165) is 0 Å². The van der Waals surface area contributed by atoms with Gasteiger partial charge in [0.1, 0.15) is 0 Å². The zero-order valence-electron chi connectivity index (χ0n) is 4.20. The lowest BCUT2D eigenvalue weighted by Gasteiger charge is -1.96. The highest BCUT2D eigenvalue weighted by Gasteiger charge is 1.83. The van der Waals surface area contributed by atoms with Crippen LogP contribution in [0.3, 0.4) is 0 Å². The third-order valence-corrected chi connectivity index (χ3v) is 0.362. The first-order chi connectivity index (χ1) is 3.13. The fraction of sp³-hybridized carbons (Fsp3) is 0.200. The molecule has 1 nitrogen and oxygen atoms in total. The zero-order chi connectivity index (χ0) is 5.86. The molecule has 7 heavy (non-hydrogen) atoms. The van der Waals surface area contributed by atoms with Gasteiger partial charge in [-0.3, -0.25) is 0 Å². The summed E-state index contributed by atoms with van der Waals surface area (Å²) in [6.45, 7) is 8.41. The molecule has 0 N–H and O–H groups in total. The second kappa shape index (κ2) is 2.69. The van der Waals surface area contributed by atoms with Gasteiger partial charge in [0.2, 0.25) is 0 Å². The van der Waals surface area contributed by atoms with E-state index in [4.69, 9.17) is 11.6 Å². The van der Waals surface area contributed by atoms with Gasteiger partial charge < -0.3 is 4.74 Å². The van der Waals surface area contributed by atoms with Crippen LogP contribution >= 0.6 is 11.6 Å². The molecule has 0 aliphatic heterocycles. The van der Waals surface area contributed by atoms with Crippen LogP contribution < -0.4 is 0 Å². The van der Waals surface area contributed by atoms with Crippen molar-refractivity contribution in [2.45, 2.75) is 6.92 Å². The third kappa shape index (κ3) is 5.57. The monoisotopic (exact) mass is 118 g/mol. The van der Waals surface area contributed by atoms with Gasteiger partial charge in [-0.2, -0.15) is 0 Å². The fourth-order valence-electron chi connectivity index (χ4n) is 0.189. The number of ether oxygens (including phenoxy) is 1. The number of hydrogen-bond donors (Lipinski definition) is 0. The molecule has 0 atom stereocenters. The predicted molar refractivity (Wildman–Crippen MR) is 30.9 cm³/mol. The van der Waals surface area contributed by atoms with Crippen LogP contribution in [0.15, 0.2) is 24.1 Å². The van der Waals surface area contributed by atoms with E-state index in [0.29, 0.717) is 5.76 Å². The molecule has 0 amide bonds. The van der Waals surface area contributed by atoms with E-state index in [2.05, 4.69) is 17.9 Å². The Morgan fingerprint density at radius 1 is 1.57 bits per heavy atom. The van der Waals surface area contributed by atoms with Gasteiger partial charge in [-0.1, -0.05) is 6.58 Å². The van der Waals surface area contributed by atoms with E-state index < -0.39 is 0 Å². The first-order valence-electron chi connectivity index (χ1n) is 1.80. The smallest absolute Gasteiger partial charge is 0.186 e. The van der Waals surface area contributed by atoms with Crippen LogP contribution in [0.2, 0.25) is 0 Å². The average molecular weight is 119 g/mol. The fourth-order valence-corrected chi connectivity index (χ4v) is 0.321. The summed E-state index contributed by atoms with van der Waals surface area (Å²) in [7, 11) is 0. The SMILES string of the molecule is C=C(C)OC(=C)Cl. The Morgan fingerprint density at radius 3 is 2.00 bits per heavy atom. The van der Waals surface area contributed by atoms with Gasteiger partial charge in [-0.25, -0.2) is 0 Å². The minimum absolute atomic E-state index is 0.160. The van der Waals surface area contributed by atoms with Crippen LogP contribution in [0.25, 0.3) is 0 Å². The van der Waals surface area contributed by atoms with E-state index in [9.17, 15) is 0 Å². The molecule has 0 saturated heterocycles. The predicted octanol–water partition coefficient (Wildman–Crippen LogP) is 2.25. The van der Waals surface area contributed by atoms with Crippen LogP contribution in [0.1, 0.15) is 6.92 Å². The highest BCUT2D eigenvalue weighted by molar-refractivity contribution is 6.28. The Balaban J connectivity index is 3.32. The van der Waals surface area contributed by atoms with Crippen molar-refractivity contribution >= 4 is 11.6 Å². The van der Waals surface area contributed by atoms with Crippen LogP contribution in [0.5, 0.6) is 0 Å².